The second kappa shape index (κ2) is 8.92. The first kappa shape index (κ1) is 21.7. The summed E-state index contributed by atoms with van der Waals surface area (Å²) in [5.74, 6) is -1.05. The molecule has 0 fully saturated rings. The van der Waals surface area contributed by atoms with Gasteiger partial charge in [0.1, 0.15) is 11.6 Å². The molecule has 1 aromatic heterocycles. The molecule has 7 nitrogen and oxygen atoms in total. The van der Waals surface area contributed by atoms with E-state index < -0.39 is 17.8 Å². The molecule has 1 atom stereocenters. The Bertz CT molecular complexity index is 1200. The van der Waals surface area contributed by atoms with Crippen molar-refractivity contribution in [3.8, 4) is 5.75 Å². The minimum absolute atomic E-state index is 0.0543. The zero-order valence-electron chi connectivity index (χ0n) is 17.2. The first-order chi connectivity index (χ1) is 15.4. The zero-order chi connectivity index (χ0) is 22.8. The second-order valence-corrected chi connectivity index (χ2v) is 7.84. The highest BCUT2D eigenvalue weighted by Crippen LogP contribution is 2.40. The maximum atomic E-state index is 14.5. The van der Waals surface area contributed by atoms with Crippen LogP contribution in [0.25, 0.3) is 0 Å². The molecule has 9 heteroatoms. The normalized spacial score (nSPS) is 14.7. The summed E-state index contributed by atoms with van der Waals surface area (Å²) >= 11 is 6.12. The Kier molecular flexibility index (Phi) is 6.05. The van der Waals surface area contributed by atoms with Crippen molar-refractivity contribution in [2.24, 2.45) is 5.73 Å². The maximum Gasteiger partial charge on any atom is 0.258 e. The molecule has 0 bridgehead atoms. The largest absolute Gasteiger partial charge is 0.496 e. The third-order valence-electron chi connectivity index (χ3n) is 5.58. The minimum Gasteiger partial charge on any atom is -0.496 e. The summed E-state index contributed by atoms with van der Waals surface area (Å²) in [7, 11) is 1.48. The van der Waals surface area contributed by atoms with Crippen LogP contribution in [0.15, 0.2) is 48.7 Å². The van der Waals surface area contributed by atoms with E-state index in [0.29, 0.717) is 35.3 Å². The molecule has 3 aromatic rings. The molecular weight excluding hydrogens is 435 g/mol. The number of ether oxygens (including phenoxy) is 1. The van der Waals surface area contributed by atoms with Gasteiger partial charge in [0.2, 0.25) is 0 Å². The fraction of sp³-hybridized carbons (Fsp3) is 0.217. The number of nitrogens with two attached hydrogens (primary N) is 1. The SMILES string of the molecule is COc1ccccc1C(=O)N(Cc1nnccc1C(N)=O)[C@@H]1CCc2c(F)cc(Cl)cc21. The third kappa shape index (κ3) is 4.01. The van der Waals surface area contributed by atoms with E-state index in [-0.39, 0.29) is 28.7 Å². The van der Waals surface area contributed by atoms with Crippen molar-refractivity contribution in [3.63, 3.8) is 0 Å². The number of hydrogen-bond acceptors (Lipinski definition) is 5. The molecule has 0 saturated carbocycles. The average molecular weight is 455 g/mol. The maximum absolute atomic E-state index is 14.5. The van der Waals surface area contributed by atoms with E-state index in [9.17, 15) is 14.0 Å². The van der Waals surface area contributed by atoms with E-state index in [2.05, 4.69) is 10.2 Å². The van der Waals surface area contributed by atoms with Gasteiger partial charge in [0, 0.05) is 5.02 Å². The number of carbonyl (C=O) groups is 2. The summed E-state index contributed by atoms with van der Waals surface area (Å²) in [4.78, 5) is 27.2. The lowest BCUT2D eigenvalue weighted by Crippen LogP contribution is -2.35. The molecule has 164 valence electrons. The Balaban J connectivity index is 1.82. The lowest BCUT2D eigenvalue weighted by molar-refractivity contribution is 0.0649. The van der Waals surface area contributed by atoms with Crippen molar-refractivity contribution in [1.82, 2.24) is 15.1 Å². The predicted molar refractivity (Wildman–Crippen MR) is 116 cm³/mol. The van der Waals surface area contributed by atoms with Crippen molar-refractivity contribution in [1.29, 1.82) is 0 Å². The minimum atomic E-state index is -0.680. The molecule has 0 saturated heterocycles. The van der Waals surface area contributed by atoms with Crippen LogP contribution < -0.4 is 10.5 Å². The van der Waals surface area contributed by atoms with Gasteiger partial charge < -0.3 is 15.4 Å². The Morgan fingerprint density at radius 1 is 1.25 bits per heavy atom. The van der Waals surface area contributed by atoms with Gasteiger partial charge in [0.25, 0.3) is 11.8 Å². The zero-order valence-corrected chi connectivity index (χ0v) is 18.0. The van der Waals surface area contributed by atoms with E-state index in [4.69, 9.17) is 22.1 Å². The molecular formula is C23H20ClFN4O3. The molecule has 32 heavy (non-hydrogen) atoms. The molecule has 1 aliphatic rings. The van der Waals surface area contributed by atoms with E-state index >= 15 is 0 Å². The average Bonchev–Trinajstić information content (AvgIpc) is 3.21. The fourth-order valence-electron chi connectivity index (χ4n) is 4.11. The molecule has 0 aliphatic heterocycles. The van der Waals surface area contributed by atoms with Crippen molar-refractivity contribution < 1.29 is 18.7 Å². The van der Waals surface area contributed by atoms with Gasteiger partial charge in [-0.15, -0.1) is 0 Å². The van der Waals surface area contributed by atoms with Crippen LogP contribution in [0.4, 0.5) is 4.39 Å². The lowest BCUT2D eigenvalue weighted by Gasteiger charge is -2.30. The van der Waals surface area contributed by atoms with Gasteiger partial charge in [-0.2, -0.15) is 10.2 Å². The Labute approximate surface area is 189 Å². The number of methoxy groups -OCH3 is 1. The first-order valence-corrected chi connectivity index (χ1v) is 10.3. The van der Waals surface area contributed by atoms with Gasteiger partial charge in [0.05, 0.1) is 42.7 Å². The van der Waals surface area contributed by atoms with E-state index in [1.54, 1.807) is 30.3 Å². The number of fused-ring (bicyclic) bond motifs is 1. The Morgan fingerprint density at radius 3 is 2.78 bits per heavy atom. The van der Waals surface area contributed by atoms with Gasteiger partial charge in [-0.3, -0.25) is 9.59 Å². The molecule has 0 spiro atoms. The fourth-order valence-corrected chi connectivity index (χ4v) is 4.32. The summed E-state index contributed by atoms with van der Waals surface area (Å²) in [6.45, 7) is -0.0543. The number of halogens is 2. The van der Waals surface area contributed by atoms with Crippen molar-refractivity contribution >= 4 is 23.4 Å². The number of hydrogen-bond donors (Lipinski definition) is 1. The van der Waals surface area contributed by atoms with Crippen LogP contribution in [0, 0.1) is 5.82 Å². The molecule has 0 radical (unpaired) electrons. The molecule has 2 N–H and O–H groups in total. The summed E-state index contributed by atoms with van der Waals surface area (Å²) < 4.78 is 19.9. The van der Waals surface area contributed by atoms with Gasteiger partial charge in [-0.25, -0.2) is 4.39 Å². The molecule has 2 amide bonds. The van der Waals surface area contributed by atoms with Crippen LogP contribution in [-0.2, 0) is 13.0 Å². The standard InChI is InChI=1S/C23H20ClFN4O3/c1-32-21-5-3-2-4-16(21)23(31)29(12-19-15(22(26)30)8-9-27-28-19)20-7-6-14-17(20)10-13(24)11-18(14)25/h2-5,8-11,20H,6-7,12H2,1H3,(H2,26,30)/t20-/m1/s1. The van der Waals surface area contributed by atoms with Crippen LogP contribution in [-0.4, -0.2) is 34.0 Å². The number of para-hydroxylation sites is 1. The quantitative estimate of drug-likeness (QED) is 0.612. The third-order valence-corrected chi connectivity index (χ3v) is 5.80. The van der Waals surface area contributed by atoms with Crippen LogP contribution >= 0.6 is 11.6 Å². The highest BCUT2D eigenvalue weighted by Gasteiger charge is 2.35. The van der Waals surface area contributed by atoms with Gasteiger partial charge in [-0.1, -0.05) is 23.7 Å². The van der Waals surface area contributed by atoms with Crippen molar-refractivity contribution in [3.05, 3.63) is 87.4 Å². The van der Waals surface area contributed by atoms with Crippen LogP contribution in [0.1, 0.15) is 50.0 Å². The van der Waals surface area contributed by atoms with E-state index in [1.807, 2.05) is 0 Å². The van der Waals surface area contributed by atoms with Crippen molar-refractivity contribution in [2.45, 2.75) is 25.4 Å². The number of amides is 2. The summed E-state index contributed by atoms with van der Waals surface area (Å²) in [5, 5.41) is 8.13. The molecule has 1 aliphatic carbocycles. The number of nitrogens with zero attached hydrogens (tertiary/aromatic N) is 3. The van der Waals surface area contributed by atoms with Gasteiger partial charge in [-0.05, 0) is 54.3 Å². The number of benzene rings is 2. The smallest absolute Gasteiger partial charge is 0.258 e. The lowest BCUT2D eigenvalue weighted by atomic mass is 10.0. The van der Waals surface area contributed by atoms with Crippen LogP contribution in [0.2, 0.25) is 5.02 Å². The number of rotatable bonds is 6. The molecule has 4 rings (SSSR count). The molecule has 2 aromatic carbocycles. The first-order valence-electron chi connectivity index (χ1n) is 9.93. The van der Waals surface area contributed by atoms with E-state index in [0.717, 1.165) is 0 Å². The van der Waals surface area contributed by atoms with Crippen LogP contribution in [0.3, 0.4) is 0 Å². The van der Waals surface area contributed by atoms with Crippen LogP contribution in [0.5, 0.6) is 5.75 Å². The molecule has 1 heterocycles. The summed E-state index contributed by atoms with van der Waals surface area (Å²) in [6.07, 6.45) is 2.29. The number of primary amides is 1. The second-order valence-electron chi connectivity index (χ2n) is 7.40. The van der Waals surface area contributed by atoms with E-state index in [1.165, 1.54) is 30.3 Å². The predicted octanol–water partition coefficient (Wildman–Crippen LogP) is 3.71. The Morgan fingerprint density at radius 2 is 2.03 bits per heavy atom. The Hall–Kier alpha value is -3.52. The van der Waals surface area contributed by atoms with Gasteiger partial charge in [0.15, 0.2) is 0 Å². The highest BCUT2D eigenvalue weighted by molar-refractivity contribution is 6.30. The van der Waals surface area contributed by atoms with Crippen molar-refractivity contribution in [2.75, 3.05) is 7.11 Å². The summed E-state index contributed by atoms with van der Waals surface area (Å²) in [6, 6.07) is 10.7. The molecule has 0 unspecified atom stereocenters. The number of carbonyl (C=O) groups excluding carboxylic acids is 2. The monoisotopic (exact) mass is 454 g/mol. The highest BCUT2D eigenvalue weighted by atomic mass is 35.5. The van der Waals surface area contributed by atoms with Gasteiger partial charge >= 0.3 is 0 Å². The topological polar surface area (TPSA) is 98.4 Å². The number of aromatic nitrogens is 2. The summed E-state index contributed by atoms with van der Waals surface area (Å²) in [5.41, 5.74) is 7.38.